The van der Waals surface area contributed by atoms with E-state index in [0.717, 1.165) is 25.9 Å². The lowest BCUT2D eigenvalue weighted by Gasteiger charge is -2.31. The summed E-state index contributed by atoms with van der Waals surface area (Å²) in [6.45, 7) is 7.45. The average molecular weight is 300 g/mol. The van der Waals surface area contributed by atoms with Crippen LogP contribution in [-0.4, -0.2) is 50.6 Å². The summed E-state index contributed by atoms with van der Waals surface area (Å²) in [6, 6.07) is -0.619. The third-order valence-electron chi connectivity index (χ3n) is 4.08. The van der Waals surface area contributed by atoms with Crippen LogP contribution in [0.5, 0.6) is 0 Å². The number of hydrogen-bond acceptors (Lipinski definition) is 4. The average Bonchev–Trinajstić information content (AvgIpc) is 2.60. The Morgan fingerprint density at radius 1 is 1.25 bits per heavy atom. The van der Waals surface area contributed by atoms with Gasteiger partial charge in [0.15, 0.2) is 0 Å². The van der Waals surface area contributed by atoms with Crippen molar-refractivity contribution in [1.29, 1.82) is 0 Å². The number of thioether (sulfide) groups is 1. The van der Waals surface area contributed by atoms with Crippen molar-refractivity contribution >= 4 is 23.6 Å². The molecule has 0 bridgehead atoms. The minimum absolute atomic E-state index is 0.133. The highest BCUT2D eigenvalue weighted by atomic mass is 32.2. The fourth-order valence-corrected chi connectivity index (χ4v) is 4.95. The third kappa shape index (κ3) is 3.28. The van der Waals surface area contributed by atoms with E-state index in [4.69, 9.17) is 0 Å². The Hall–Kier alpha value is -0.750. The van der Waals surface area contributed by atoms with Crippen molar-refractivity contribution in [1.82, 2.24) is 10.2 Å². The predicted octanol–water partition coefficient (Wildman–Crippen LogP) is 1.67. The predicted molar refractivity (Wildman–Crippen MR) is 79.7 cm³/mol. The van der Waals surface area contributed by atoms with Crippen LogP contribution in [0.25, 0.3) is 0 Å². The molecule has 0 spiro atoms. The molecule has 0 aliphatic carbocycles. The highest BCUT2D eigenvalue weighted by molar-refractivity contribution is 8.02. The molecule has 1 amide bonds. The lowest BCUT2D eigenvalue weighted by Crippen LogP contribution is -2.49. The van der Waals surface area contributed by atoms with E-state index in [-0.39, 0.29) is 5.91 Å². The number of piperidine rings is 1. The summed E-state index contributed by atoms with van der Waals surface area (Å²) in [5, 5.41) is 12.4. The molecule has 2 unspecified atom stereocenters. The first-order valence-electron chi connectivity index (χ1n) is 7.22. The van der Waals surface area contributed by atoms with Gasteiger partial charge in [-0.2, -0.15) is 0 Å². The van der Waals surface area contributed by atoms with E-state index in [0.29, 0.717) is 6.42 Å². The standard InChI is InChI=1S/C14H24N2O3S/c1-13(2)11(12(18)19)15-14(3,20-13)9-10(17)16-7-5-4-6-8-16/h11,15H,4-9H2,1-3H3,(H,18,19). The third-order valence-corrected chi connectivity index (χ3v) is 5.55. The zero-order valence-electron chi connectivity index (χ0n) is 12.4. The van der Waals surface area contributed by atoms with Crippen molar-refractivity contribution in [3.8, 4) is 0 Å². The van der Waals surface area contributed by atoms with Crippen LogP contribution in [0.15, 0.2) is 0 Å². The zero-order valence-corrected chi connectivity index (χ0v) is 13.3. The number of carboxylic acid groups (broad SMARTS) is 1. The molecule has 2 N–H and O–H groups in total. The van der Waals surface area contributed by atoms with E-state index in [9.17, 15) is 14.7 Å². The molecule has 0 radical (unpaired) electrons. The van der Waals surface area contributed by atoms with Gasteiger partial charge in [-0.15, -0.1) is 11.8 Å². The normalized spacial score (nSPS) is 33.1. The van der Waals surface area contributed by atoms with Crippen LogP contribution in [-0.2, 0) is 9.59 Å². The molecule has 2 saturated heterocycles. The quantitative estimate of drug-likeness (QED) is 0.830. The van der Waals surface area contributed by atoms with E-state index in [1.807, 2.05) is 25.7 Å². The Morgan fingerprint density at radius 2 is 1.85 bits per heavy atom. The number of aliphatic carboxylic acids is 1. The minimum atomic E-state index is -0.850. The fourth-order valence-electron chi connectivity index (χ4n) is 3.14. The summed E-state index contributed by atoms with van der Waals surface area (Å²) in [4.78, 5) is 25.1. The van der Waals surface area contributed by atoms with Crippen LogP contribution >= 0.6 is 11.8 Å². The van der Waals surface area contributed by atoms with Crippen molar-refractivity contribution in [2.45, 2.75) is 62.1 Å². The second-order valence-electron chi connectivity index (χ2n) is 6.47. The molecule has 2 fully saturated rings. The van der Waals surface area contributed by atoms with Crippen molar-refractivity contribution < 1.29 is 14.7 Å². The molecule has 2 rings (SSSR count). The first-order chi connectivity index (χ1) is 9.23. The molecule has 114 valence electrons. The van der Waals surface area contributed by atoms with Gasteiger partial charge in [-0.05, 0) is 40.0 Å². The highest BCUT2D eigenvalue weighted by Crippen LogP contribution is 2.46. The van der Waals surface area contributed by atoms with Crippen LogP contribution in [0.1, 0.15) is 46.5 Å². The second-order valence-corrected chi connectivity index (χ2v) is 8.63. The van der Waals surface area contributed by atoms with Crippen molar-refractivity contribution in [3.63, 3.8) is 0 Å². The van der Waals surface area contributed by atoms with Gasteiger partial charge in [-0.3, -0.25) is 14.9 Å². The number of carboxylic acids is 1. The number of hydrogen-bond donors (Lipinski definition) is 2. The maximum absolute atomic E-state index is 12.4. The van der Waals surface area contributed by atoms with Gasteiger partial charge in [0, 0.05) is 17.8 Å². The molecule has 2 aliphatic heterocycles. The molecule has 0 aromatic carbocycles. The molecular weight excluding hydrogens is 276 g/mol. The van der Waals surface area contributed by atoms with Gasteiger partial charge in [-0.25, -0.2) is 0 Å². The molecule has 0 saturated carbocycles. The Kier molecular flexibility index (Phi) is 4.35. The Morgan fingerprint density at radius 3 is 2.35 bits per heavy atom. The van der Waals surface area contributed by atoms with Crippen LogP contribution in [0.2, 0.25) is 0 Å². The maximum atomic E-state index is 12.4. The monoisotopic (exact) mass is 300 g/mol. The maximum Gasteiger partial charge on any atom is 0.322 e. The molecule has 6 heteroatoms. The van der Waals surface area contributed by atoms with Crippen molar-refractivity contribution in [3.05, 3.63) is 0 Å². The second kappa shape index (κ2) is 5.56. The topological polar surface area (TPSA) is 69.6 Å². The number of nitrogens with zero attached hydrogens (tertiary/aromatic N) is 1. The number of carbonyl (C=O) groups excluding carboxylic acids is 1. The first kappa shape index (κ1) is 15.6. The van der Waals surface area contributed by atoms with E-state index in [2.05, 4.69) is 5.32 Å². The number of rotatable bonds is 3. The van der Waals surface area contributed by atoms with E-state index >= 15 is 0 Å². The molecule has 20 heavy (non-hydrogen) atoms. The summed E-state index contributed by atoms with van der Waals surface area (Å²) < 4.78 is -0.414. The van der Waals surface area contributed by atoms with Gasteiger partial charge in [-0.1, -0.05) is 0 Å². The van der Waals surface area contributed by atoms with Gasteiger partial charge in [0.25, 0.3) is 0 Å². The molecule has 2 aliphatic rings. The lowest BCUT2D eigenvalue weighted by molar-refractivity contribution is -0.140. The molecule has 5 nitrogen and oxygen atoms in total. The van der Waals surface area contributed by atoms with E-state index in [1.54, 1.807) is 11.8 Å². The Labute approximate surface area is 124 Å². The summed E-state index contributed by atoms with van der Waals surface area (Å²) in [5.74, 6) is -0.717. The largest absolute Gasteiger partial charge is 0.480 e. The number of likely N-dealkylation sites (tertiary alicyclic amines) is 1. The SMILES string of the molecule is CC1(CC(=O)N2CCCCC2)NC(C(=O)O)C(C)(C)S1. The lowest BCUT2D eigenvalue weighted by atomic mass is 10.0. The molecule has 0 aromatic heterocycles. The van der Waals surface area contributed by atoms with Gasteiger partial charge < -0.3 is 10.0 Å². The van der Waals surface area contributed by atoms with Crippen LogP contribution in [0.3, 0.4) is 0 Å². The van der Waals surface area contributed by atoms with Gasteiger partial charge in [0.05, 0.1) is 11.3 Å². The number of nitrogens with one attached hydrogen (secondary N) is 1. The molecule has 2 atom stereocenters. The zero-order chi connectivity index (χ0) is 15.0. The van der Waals surface area contributed by atoms with Gasteiger partial charge in [0.1, 0.15) is 6.04 Å². The summed E-state index contributed by atoms with van der Waals surface area (Å²) in [7, 11) is 0. The number of carbonyl (C=O) groups is 2. The summed E-state index contributed by atoms with van der Waals surface area (Å²) in [5.41, 5.74) is 0. The van der Waals surface area contributed by atoms with Crippen LogP contribution in [0.4, 0.5) is 0 Å². The van der Waals surface area contributed by atoms with Gasteiger partial charge >= 0.3 is 5.97 Å². The smallest absolute Gasteiger partial charge is 0.322 e. The summed E-state index contributed by atoms with van der Waals surface area (Å²) >= 11 is 1.56. The minimum Gasteiger partial charge on any atom is -0.480 e. The van der Waals surface area contributed by atoms with Crippen LogP contribution < -0.4 is 5.32 Å². The van der Waals surface area contributed by atoms with E-state index < -0.39 is 21.6 Å². The Bertz CT molecular complexity index is 407. The molecule has 2 heterocycles. The van der Waals surface area contributed by atoms with Crippen molar-refractivity contribution in [2.75, 3.05) is 13.1 Å². The molecular formula is C14H24N2O3S. The van der Waals surface area contributed by atoms with Crippen LogP contribution in [0, 0.1) is 0 Å². The fraction of sp³-hybridized carbons (Fsp3) is 0.857. The Balaban J connectivity index is 2.01. The first-order valence-corrected chi connectivity index (χ1v) is 8.04. The van der Waals surface area contributed by atoms with Gasteiger partial charge in [0.2, 0.25) is 5.91 Å². The number of amides is 1. The molecule has 0 aromatic rings. The highest BCUT2D eigenvalue weighted by Gasteiger charge is 2.51. The van der Waals surface area contributed by atoms with E-state index in [1.165, 1.54) is 6.42 Å². The summed E-state index contributed by atoms with van der Waals surface area (Å²) in [6.07, 6.45) is 3.70. The van der Waals surface area contributed by atoms with Crippen molar-refractivity contribution in [2.24, 2.45) is 0 Å².